The third-order valence-electron chi connectivity index (χ3n) is 3.26. The number of aliphatic hydroxyl groups is 1. The number of anilines is 1. The molecular weight excluding hydrogens is 220 g/mol. The maximum atomic E-state index is 11.7. The van der Waals surface area contributed by atoms with Gasteiger partial charge in [-0.05, 0) is 24.8 Å². The highest BCUT2D eigenvalue weighted by Gasteiger charge is 2.35. The summed E-state index contributed by atoms with van der Waals surface area (Å²) < 4.78 is 1.44. The van der Waals surface area contributed by atoms with Crippen LogP contribution in [0.25, 0.3) is 0 Å². The van der Waals surface area contributed by atoms with Crippen LogP contribution in [-0.4, -0.2) is 21.3 Å². The Morgan fingerprint density at radius 3 is 3.00 bits per heavy atom. The van der Waals surface area contributed by atoms with Gasteiger partial charge in [0.25, 0.3) is 0 Å². The van der Waals surface area contributed by atoms with E-state index in [1.54, 1.807) is 12.3 Å². The fraction of sp³-hybridized carbons (Fsp3) is 0.545. The number of hydrogen-bond donors (Lipinski definition) is 2. The number of hydrogen-bond acceptors (Lipinski definition) is 5. The van der Waals surface area contributed by atoms with Crippen molar-refractivity contribution in [3.8, 4) is 6.07 Å². The van der Waals surface area contributed by atoms with E-state index in [4.69, 9.17) is 16.1 Å². The molecule has 3 unspecified atom stereocenters. The van der Waals surface area contributed by atoms with Crippen molar-refractivity contribution in [3.63, 3.8) is 0 Å². The molecule has 0 amide bonds. The number of nitrogens with two attached hydrogens (primary N) is 1. The largest absolute Gasteiger partial charge is 0.396 e. The molecule has 6 heteroatoms. The number of aliphatic hydroxyl groups excluding tert-OH is 1. The molecule has 1 aliphatic rings. The van der Waals surface area contributed by atoms with Crippen LogP contribution in [0.1, 0.15) is 18.9 Å². The third kappa shape index (κ3) is 2.15. The van der Waals surface area contributed by atoms with Crippen LogP contribution in [0.15, 0.2) is 17.1 Å². The Labute approximate surface area is 98.3 Å². The lowest BCUT2D eigenvalue weighted by Gasteiger charge is -2.16. The van der Waals surface area contributed by atoms with Gasteiger partial charge < -0.3 is 10.8 Å². The fourth-order valence-electron chi connectivity index (χ4n) is 2.39. The van der Waals surface area contributed by atoms with Crippen LogP contribution < -0.4 is 11.4 Å². The average Bonchev–Trinajstić information content (AvgIpc) is 2.72. The molecule has 1 aromatic rings. The Morgan fingerprint density at radius 2 is 2.41 bits per heavy atom. The van der Waals surface area contributed by atoms with E-state index in [0.717, 1.165) is 0 Å². The van der Waals surface area contributed by atoms with Crippen molar-refractivity contribution >= 4 is 5.82 Å². The number of nitrogens with zero attached hydrogens (tertiary/aromatic N) is 3. The molecule has 1 heterocycles. The molecule has 1 fully saturated rings. The van der Waals surface area contributed by atoms with Gasteiger partial charge in [-0.25, -0.2) is 4.79 Å². The summed E-state index contributed by atoms with van der Waals surface area (Å²) in [6, 6.07) is 3.52. The van der Waals surface area contributed by atoms with Crippen LogP contribution in [-0.2, 0) is 0 Å². The lowest BCUT2D eigenvalue weighted by Crippen LogP contribution is -2.28. The average molecular weight is 234 g/mol. The summed E-state index contributed by atoms with van der Waals surface area (Å²) in [6.45, 7) is 0.0475. The lowest BCUT2D eigenvalue weighted by atomic mass is 10.1. The highest BCUT2D eigenvalue weighted by molar-refractivity contribution is 5.23. The van der Waals surface area contributed by atoms with Crippen molar-refractivity contribution in [1.29, 1.82) is 5.26 Å². The fourth-order valence-corrected chi connectivity index (χ4v) is 2.39. The Bertz CT molecular complexity index is 505. The molecule has 2 rings (SSSR count). The summed E-state index contributed by atoms with van der Waals surface area (Å²) in [5, 5.41) is 18.2. The number of nitriles is 1. The molecule has 1 aromatic heterocycles. The van der Waals surface area contributed by atoms with Crippen molar-refractivity contribution < 1.29 is 5.11 Å². The summed E-state index contributed by atoms with van der Waals surface area (Å²) >= 11 is 0. The Kier molecular flexibility index (Phi) is 3.11. The first kappa shape index (κ1) is 11.6. The first-order valence-electron chi connectivity index (χ1n) is 5.51. The Hall–Kier alpha value is -1.87. The van der Waals surface area contributed by atoms with Crippen molar-refractivity contribution in [2.45, 2.75) is 18.9 Å². The molecule has 6 nitrogen and oxygen atoms in total. The van der Waals surface area contributed by atoms with Crippen LogP contribution >= 0.6 is 0 Å². The second kappa shape index (κ2) is 4.55. The van der Waals surface area contributed by atoms with Gasteiger partial charge in [-0.1, -0.05) is 0 Å². The van der Waals surface area contributed by atoms with Crippen molar-refractivity contribution in [3.05, 3.63) is 22.7 Å². The van der Waals surface area contributed by atoms with E-state index >= 15 is 0 Å². The molecule has 3 atom stereocenters. The zero-order valence-electron chi connectivity index (χ0n) is 9.28. The van der Waals surface area contributed by atoms with Gasteiger partial charge in [0.05, 0.1) is 18.0 Å². The van der Waals surface area contributed by atoms with E-state index in [1.165, 1.54) is 4.57 Å². The molecule has 0 radical (unpaired) electrons. The highest BCUT2D eigenvalue weighted by atomic mass is 16.3. The van der Waals surface area contributed by atoms with Crippen molar-refractivity contribution in [2.24, 2.45) is 11.8 Å². The standard InChI is InChI=1S/C11H14N4O2/c12-5-8-3-7(6-16)4-9(8)15-2-1-10(13)14-11(15)17/h1-2,7-9,16H,3-4,6H2,(H2,13,14,17). The second-order valence-corrected chi connectivity index (χ2v) is 4.37. The molecule has 1 aliphatic carbocycles. The van der Waals surface area contributed by atoms with E-state index in [9.17, 15) is 4.79 Å². The van der Waals surface area contributed by atoms with Gasteiger partial charge in [0.2, 0.25) is 0 Å². The SMILES string of the molecule is N#CC1CC(CO)CC1n1ccc(N)nc1=O. The summed E-state index contributed by atoms with van der Waals surface area (Å²) in [7, 11) is 0. The predicted molar refractivity (Wildman–Crippen MR) is 60.9 cm³/mol. The van der Waals surface area contributed by atoms with Gasteiger partial charge in [0.1, 0.15) is 5.82 Å². The molecule has 0 aromatic carbocycles. The minimum atomic E-state index is -0.436. The third-order valence-corrected chi connectivity index (χ3v) is 3.26. The van der Waals surface area contributed by atoms with E-state index in [0.29, 0.717) is 12.8 Å². The first-order valence-corrected chi connectivity index (χ1v) is 5.51. The molecule has 1 saturated carbocycles. The van der Waals surface area contributed by atoms with Crippen LogP contribution in [0, 0.1) is 23.2 Å². The van der Waals surface area contributed by atoms with E-state index in [-0.39, 0.29) is 30.3 Å². The summed E-state index contributed by atoms with van der Waals surface area (Å²) in [5.74, 6) is 0.000778. The van der Waals surface area contributed by atoms with Crippen LogP contribution in [0.2, 0.25) is 0 Å². The Balaban J connectivity index is 2.33. The maximum absolute atomic E-state index is 11.7. The van der Waals surface area contributed by atoms with Crippen molar-refractivity contribution in [2.75, 3.05) is 12.3 Å². The van der Waals surface area contributed by atoms with Gasteiger partial charge in [-0.3, -0.25) is 4.57 Å². The molecule has 0 bridgehead atoms. The van der Waals surface area contributed by atoms with Gasteiger partial charge in [0.15, 0.2) is 0 Å². The van der Waals surface area contributed by atoms with E-state index in [1.807, 2.05) is 0 Å². The second-order valence-electron chi connectivity index (χ2n) is 4.37. The maximum Gasteiger partial charge on any atom is 0.349 e. The van der Waals surface area contributed by atoms with Gasteiger partial charge in [-0.2, -0.15) is 10.2 Å². The number of nitrogen functional groups attached to an aromatic ring is 1. The molecule has 0 aliphatic heterocycles. The molecule has 0 spiro atoms. The normalized spacial score (nSPS) is 27.9. The van der Waals surface area contributed by atoms with E-state index < -0.39 is 5.69 Å². The van der Waals surface area contributed by atoms with Gasteiger partial charge in [0, 0.05) is 12.8 Å². The highest BCUT2D eigenvalue weighted by Crippen LogP contribution is 2.38. The van der Waals surface area contributed by atoms with E-state index in [2.05, 4.69) is 11.1 Å². The smallest absolute Gasteiger partial charge is 0.349 e. The number of aromatic nitrogens is 2. The monoisotopic (exact) mass is 234 g/mol. The van der Waals surface area contributed by atoms with Gasteiger partial charge >= 0.3 is 5.69 Å². The quantitative estimate of drug-likeness (QED) is 0.744. The van der Waals surface area contributed by atoms with Crippen LogP contribution in [0.5, 0.6) is 0 Å². The van der Waals surface area contributed by atoms with Crippen LogP contribution in [0.3, 0.4) is 0 Å². The number of rotatable bonds is 2. The lowest BCUT2D eigenvalue weighted by molar-refractivity contribution is 0.225. The minimum absolute atomic E-state index is 0.0475. The Morgan fingerprint density at radius 1 is 1.65 bits per heavy atom. The van der Waals surface area contributed by atoms with Crippen LogP contribution in [0.4, 0.5) is 5.82 Å². The zero-order chi connectivity index (χ0) is 12.4. The minimum Gasteiger partial charge on any atom is -0.396 e. The predicted octanol–water partition coefficient (Wildman–Crippen LogP) is -0.0913. The summed E-state index contributed by atoms with van der Waals surface area (Å²) in [5.41, 5.74) is 4.98. The van der Waals surface area contributed by atoms with Crippen molar-refractivity contribution in [1.82, 2.24) is 9.55 Å². The molecular formula is C11H14N4O2. The zero-order valence-corrected chi connectivity index (χ0v) is 9.28. The summed E-state index contributed by atoms with van der Waals surface area (Å²) in [4.78, 5) is 15.3. The molecule has 17 heavy (non-hydrogen) atoms. The summed E-state index contributed by atoms with van der Waals surface area (Å²) in [6.07, 6.45) is 2.81. The molecule has 0 saturated heterocycles. The first-order chi connectivity index (χ1) is 8.15. The van der Waals surface area contributed by atoms with Gasteiger partial charge in [-0.15, -0.1) is 0 Å². The topological polar surface area (TPSA) is 105 Å². The molecule has 3 N–H and O–H groups in total. The molecule has 90 valence electrons.